The molecule has 0 bridgehead atoms. The third-order valence-electron chi connectivity index (χ3n) is 6.58. The molecule has 1 amide bonds. The van der Waals surface area contributed by atoms with Crippen molar-refractivity contribution in [3.63, 3.8) is 0 Å². The molecule has 0 atom stereocenters. The van der Waals surface area contributed by atoms with Gasteiger partial charge < -0.3 is 0 Å². The third-order valence-corrected chi connectivity index (χ3v) is 6.58. The number of para-hydroxylation sites is 1. The van der Waals surface area contributed by atoms with Gasteiger partial charge in [-0.25, -0.2) is 4.39 Å². The molecule has 5 rings (SSSR count). The van der Waals surface area contributed by atoms with E-state index < -0.39 is 0 Å². The van der Waals surface area contributed by atoms with Gasteiger partial charge >= 0.3 is 0 Å². The van der Waals surface area contributed by atoms with Gasteiger partial charge in [-0.15, -0.1) is 0 Å². The summed E-state index contributed by atoms with van der Waals surface area (Å²) in [7, 11) is 0. The Morgan fingerprint density at radius 3 is 2.34 bits per heavy atom. The smallest absolute Gasteiger partial charge is 0.260 e. The van der Waals surface area contributed by atoms with Crippen molar-refractivity contribution in [2.24, 2.45) is 5.92 Å². The molecule has 162 valence electrons. The zero-order valence-electron chi connectivity index (χ0n) is 18.1. The van der Waals surface area contributed by atoms with Crippen LogP contribution in [0, 0.1) is 11.7 Å². The highest BCUT2D eigenvalue weighted by molar-refractivity contribution is 6.35. The molecule has 3 aromatic rings. The van der Waals surface area contributed by atoms with Gasteiger partial charge in [-0.05, 0) is 49.0 Å². The maximum absolute atomic E-state index is 14.2. The van der Waals surface area contributed by atoms with Gasteiger partial charge in [0.05, 0.1) is 12.4 Å². The lowest BCUT2D eigenvalue weighted by Crippen LogP contribution is -2.43. The Morgan fingerprint density at radius 2 is 1.56 bits per heavy atom. The first-order valence-electron chi connectivity index (χ1n) is 11.3. The van der Waals surface area contributed by atoms with E-state index in [1.165, 1.54) is 11.6 Å². The number of anilines is 1. The fourth-order valence-corrected chi connectivity index (χ4v) is 4.81. The number of carbonyl (C=O) groups is 1. The van der Waals surface area contributed by atoms with E-state index in [9.17, 15) is 9.18 Å². The van der Waals surface area contributed by atoms with Crippen molar-refractivity contribution in [3.8, 4) is 0 Å². The quantitative estimate of drug-likeness (QED) is 0.494. The fourth-order valence-electron chi connectivity index (χ4n) is 4.81. The van der Waals surface area contributed by atoms with E-state index in [4.69, 9.17) is 0 Å². The summed E-state index contributed by atoms with van der Waals surface area (Å²) in [6.45, 7) is 2.54. The lowest BCUT2D eigenvalue weighted by atomic mass is 9.90. The number of carbonyl (C=O) groups excluding carboxylic acids is 1. The molecule has 2 heterocycles. The van der Waals surface area contributed by atoms with Crippen LogP contribution in [0.1, 0.15) is 29.5 Å². The summed E-state index contributed by atoms with van der Waals surface area (Å²) >= 11 is 0. The Labute approximate surface area is 188 Å². The molecule has 0 saturated carbocycles. The minimum atomic E-state index is -0.316. The largest absolute Gasteiger partial charge is 0.294 e. The number of likely N-dealkylation sites (tertiary alicyclic amines) is 1. The molecule has 1 fully saturated rings. The number of piperidine rings is 1. The molecular formula is C28H27FN2O. The zero-order valence-corrected chi connectivity index (χ0v) is 18.1. The van der Waals surface area contributed by atoms with Gasteiger partial charge in [-0.3, -0.25) is 14.6 Å². The van der Waals surface area contributed by atoms with Crippen LogP contribution in [0.4, 0.5) is 10.1 Å². The summed E-state index contributed by atoms with van der Waals surface area (Å²) in [5, 5.41) is 0. The summed E-state index contributed by atoms with van der Waals surface area (Å²) in [4.78, 5) is 17.6. The van der Waals surface area contributed by atoms with Crippen molar-refractivity contribution >= 4 is 23.2 Å². The van der Waals surface area contributed by atoms with Crippen molar-refractivity contribution < 1.29 is 9.18 Å². The Morgan fingerprint density at radius 1 is 0.875 bits per heavy atom. The number of amides is 1. The molecular weight excluding hydrogens is 399 g/mol. The molecule has 4 heteroatoms. The lowest BCUT2D eigenvalue weighted by molar-refractivity contribution is -0.113. The highest BCUT2D eigenvalue weighted by Crippen LogP contribution is 2.38. The molecule has 3 nitrogen and oxygen atoms in total. The number of benzene rings is 3. The summed E-state index contributed by atoms with van der Waals surface area (Å²) in [6, 6.07) is 25.1. The molecule has 2 aliphatic rings. The van der Waals surface area contributed by atoms with Crippen LogP contribution in [0.15, 0.2) is 78.9 Å². The van der Waals surface area contributed by atoms with E-state index in [1.54, 1.807) is 24.3 Å². The number of halogens is 1. The van der Waals surface area contributed by atoms with Crippen LogP contribution in [-0.4, -0.2) is 30.6 Å². The first-order valence-corrected chi connectivity index (χ1v) is 11.3. The average molecular weight is 427 g/mol. The standard InChI is InChI=1S/C28H27FN2O/c29-26-12-6-4-10-23(26)19-25-24-11-5-7-13-27(24)31(28(25)32)20-30-16-14-22(15-17-30)18-21-8-2-1-3-9-21/h1-13,19,22H,14-18,20H2/b25-19-. The van der Waals surface area contributed by atoms with E-state index in [1.807, 2.05) is 29.2 Å². The summed E-state index contributed by atoms with van der Waals surface area (Å²) < 4.78 is 14.2. The normalized spacial score (nSPS) is 18.3. The maximum atomic E-state index is 14.2. The van der Waals surface area contributed by atoms with Crippen LogP contribution in [0.25, 0.3) is 11.6 Å². The van der Waals surface area contributed by atoms with Gasteiger partial charge in [0.25, 0.3) is 5.91 Å². The van der Waals surface area contributed by atoms with Gasteiger partial charge in [-0.1, -0.05) is 66.7 Å². The molecule has 0 aliphatic carbocycles. The van der Waals surface area contributed by atoms with Gasteiger partial charge in [0, 0.05) is 29.8 Å². The van der Waals surface area contributed by atoms with Crippen molar-refractivity contribution in [1.29, 1.82) is 0 Å². The van der Waals surface area contributed by atoms with Crippen LogP contribution in [0.3, 0.4) is 0 Å². The number of hydrogen-bond donors (Lipinski definition) is 0. The number of nitrogens with zero attached hydrogens (tertiary/aromatic N) is 2. The maximum Gasteiger partial charge on any atom is 0.260 e. The molecule has 3 aromatic carbocycles. The van der Waals surface area contributed by atoms with Crippen molar-refractivity contribution in [2.75, 3.05) is 24.7 Å². The Balaban J connectivity index is 1.30. The van der Waals surface area contributed by atoms with E-state index in [2.05, 4.69) is 35.2 Å². The predicted molar refractivity (Wildman–Crippen MR) is 128 cm³/mol. The Kier molecular flexibility index (Phi) is 5.87. The first-order chi connectivity index (χ1) is 15.7. The molecule has 0 N–H and O–H groups in total. The number of fused-ring (bicyclic) bond motifs is 1. The molecule has 0 radical (unpaired) electrons. The second-order valence-electron chi connectivity index (χ2n) is 8.72. The molecule has 2 aliphatic heterocycles. The summed E-state index contributed by atoms with van der Waals surface area (Å²) in [5.41, 5.74) is 4.18. The topological polar surface area (TPSA) is 23.6 Å². The van der Waals surface area contributed by atoms with Crippen LogP contribution in [0.2, 0.25) is 0 Å². The highest BCUT2D eigenvalue weighted by Gasteiger charge is 2.34. The van der Waals surface area contributed by atoms with Crippen molar-refractivity contribution in [3.05, 3.63) is 101 Å². The number of hydrogen-bond acceptors (Lipinski definition) is 2. The van der Waals surface area contributed by atoms with Gasteiger partial charge in [0.2, 0.25) is 0 Å². The first kappa shape index (κ1) is 20.7. The number of rotatable bonds is 5. The monoisotopic (exact) mass is 426 g/mol. The molecule has 0 aromatic heterocycles. The lowest BCUT2D eigenvalue weighted by Gasteiger charge is -2.34. The van der Waals surface area contributed by atoms with E-state index in [-0.39, 0.29) is 11.7 Å². The Hall–Kier alpha value is -3.24. The van der Waals surface area contributed by atoms with Crippen molar-refractivity contribution in [2.45, 2.75) is 19.3 Å². The SMILES string of the molecule is O=C1/C(=C\c2ccccc2F)c2ccccc2N1CN1CCC(Cc2ccccc2)CC1. The minimum absolute atomic E-state index is 0.0548. The van der Waals surface area contributed by atoms with E-state index in [0.29, 0.717) is 23.7 Å². The van der Waals surface area contributed by atoms with Gasteiger partial charge in [-0.2, -0.15) is 0 Å². The zero-order chi connectivity index (χ0) is 21.9. The van der Waals surface area contributed by atoms with Crippen LogP contribution < -0.4 is 4.90 Å². The highest BCUT2D eigenvalue weighted by atomic mass is 19.1. The fraction of sp³-hybridized carbons (Fsp3) is 0.250. The second-order valence-corrected chi connectivity index (χ2v) is 8.72. The second kappa shape index (κ2) is 9.09. The van der Waals surface area contributed by atoms with E-state index in [0.717, 1.165) is 43.6 Å². The van der Waals surface area contributed by atoms with Crippen molar-refractivity contribution in [1.82, 2.24) is 4.90 Å². The van der Waals surface area contributed by atoms with Gasteiger partial charge in [0.1, 0.15) is 5.82 Å². The molecule has 0 spiro atoms. The average Bonchev–Trinajstić information content (AvgIpc) is 3.08. The molecule has 32 heavy (non-hydrogen) atoms. The van der Waals surface area contributed by atoms with Crippen LogP contribution in [-0.2, 0) is 11.2 Å². The molecule has 1 saturated heterocycles. The Bertz CT molecular complexity index is 1130. The summed E-state index contributed by atoms with van der Waals surface area (Å²) in [5.74, 6) is 0.316. The summed E-state index contributed by atoms with van der Waals surface area (Å²) in [6.07, 6.45) is 5.07. The minimum Gasteiger partial charge on any atom is -0.294 e. The molecule has 0 unspecified atom stereocenters. The van der Waals surface area contributed by atoms with Crippen LogP contribution in [0.5, 0.6) is 0 Å². The van der Waals surface area contributed by atoms with E-state index >= 15 is 0 Å². The third kappa shape index (κ3) is 4.23. The predicted octanol–water partition coefficient (Wildman–Crippen LogP) is 5.63. The van der Waals surface area contributed by atoms with Crippen LogP contribution >= 0.6 is 0 Å². The van der Waals surface area contributed by atoms with Gasteiger partial charge in [0.15, 0.2) is 0 Å².